The maximum atomic E-state index is 12.3. The molecule has 1 aliphatic carbocycles. The topological polar surface area (TPSA) is 90.7 Å². The third-order valence-corrected chi connectivity index (χ3v) is 5.61. The molecule has 1 aliphatic rings. The predicted octanol–water partition coefficient (Wildman–Crippen LogP) is 4.81. The first-order valence-electron chi connectivity index (χ1n) is 10.8. The number of aromatic nitrogens is 1. The number of benzene rings is 2. The second kappa shape index (κ2) is 9.26. The minimum absolute atomic E-state index is 0.0784. The van der Waals surface area contributed by atoms with E-state index in [1.165, 1.54) is 6.26 Å². The van der Waals surface area contributed by atoms with Crippen LogP contribution in [-0.4, -0.2) is 35.7 Å². The number of hydrogen-bond donors (Lipinski definition) is 1. The van der Waals surface area contributed by atoms with Crippen molar-refractivity contribution in [2.45, 2.75) is 38.1 Å². The fraction of sp³-hybridized carbons (Fsp3) is 0.320. The largest absolute Gasteiger partial charge is 0.466 e. The van der Waals surface area contributed by atoms with Gasteiger partial charge in [-0.25, -0.2) is 4.79 Å². The summed E-state index contributed by atoms with van der Waals surface area (Å²) in [5.41, 5.74) is 2.89. The Morgan fingerprint density at radius 3 is 2.41 bits per heavy atom. The molecule has 0 spiro atoms. The lowest BCUT2D eigenvalue weighted by Gasteiger charge is -2.18. The van der Waals surface area contributed by atoms with E-state index < -0.39 is 11.5 Å². The van der Waals surface area contributed by atoms with Gasteiger partial charge in [0, 0.05) is 5.92 Å². The molecule has 1 unspecified atom stereocenters. The molecule has 1 saturated carbocycles. The van der Waals surface area contributed by atoms with Crippen LogP contribution in [0.1, 0.15) is 48.7 Å². The van der Waals surface area contributed by atoms with E-state index in [-0.39, 0.29) is 36.6 Å². The Kier molecular flexibility index (Phi) is 6.25. The number of oxazole rings is 1. The first kappa shape index (κ1) is 21.6. The van der Waals surface area contributed by atoms with E-state index in [9.17, 15) is 9.59 Å². The molecule has 2 aromatic carbocycles. The SMILES string of the molecule is CCOC(=O)CC1(Nc2nc(C(=O)OCC)co2)C[C@H]1c1ccc(-c2ccccc2)cc1. The molecule has 32 heavy (non-hydrogen) atoms. The van der Waals surface area contributed by atoms with Crippen molar-refractivity contribution in [1.29, 1.82) is 0 Å². The first-order valence-corrected chi connectivity index (χ1v) is 10.8. The Labute approximate surface area is 186 Å². The van der Waals surface area contributed by atoms with Crippen molar-refractivity contribution in [2.75, 3.05) is 18.5 Å². The summed E-state index contributed by atoms with van der Waals surface area (Å²) < 4.78 is 15.6. The molecule has 3 aromatic rings. The Balaban J connectivity index is 1.53. The lowest BCUT2D eigenvalue weighted by molar-refractivity contribution is -0.143. The van der Waals surface area contributed by atoms with Gasteiger partial charge in [0.05, 0.1) is 25.2 Å². The molecule has 0 saturated heterocycles. The van der Waals surface area contributed by atoms with Gasteiger partial charge in [-0.05, 0) is 37.0 Å². The second-order valence-corrected chi connectivity index (χ2v) is 7.77. The van der Waals surface area contributed by atoms with E-state index in [1.807, 2.05) is 18.2 Å². The number of carbonyl (C=O) groups is 2. The van der Waals surface area contributed by atoms with Gasteiger partial charge < -0.3 is 19.2 Å². The number of esters is 2. The van der Waals surface area contributed by atoms with E-state index in [0.29, 0.717) is 13.0 Å². The van der Waals surface area contributed by atoms with E-state index in [2.05, 4.69) is 46.7 Å². The molecule has 7 heteroatoms. The molecule has 1 fully saturated rings. The molecular formula is C25H26N2O5. The second-order valence-electron chi connectivity index (χ2n) is 7.77. The Hall–Kier alpha value is -3.61. The molecule has 166 valence electrons. The Morgan fingerprint density at radius 1 is 1.03 bits per heavy atom. The maximum absolute atomic E-state index is 12.3. The number of rotatable bonds is 9. The minimum atomic E-state index is -0.586. The third kappa shape index (κ3) is 4.66. The summed E-state index contributed by atoms with van der Waals surface area (Å²) in [6.07, 6.45) is 2.14. The minimum Gasteiger partial charge on any atom is -0.466 e. The van der Waals surface area contributed by atoms with Gasteiger partial charge in [0.2, 0.25) is 0 Å². The maximum Gasteiger partial charge on any atom is 0.360 e. The number of carbonyl (C=O) groups excluding carboxylic acids is 2. The highest BCUT2D eigenvalue weighted by molar-refractivity contribution is 5.87. The van der Waals surface area contributed by atoms with Crippen LogP contribution in [-0.2, 0) is 14.3 Å². The van der Waals surface area contributed by atoms with Crippen molar-refractivity contribution >= 4 is 18.0 Å². The average molecular weight is 434 g/mol. The van der Waals surface area contributed by atoms with Crippen LogP contribution in [0, 0.1) is 0 Å². The highest BCUT2D eigenvalue weighted by Gasteiger charge is 2.57. The Bertz CT molecular complexity index is 1080. The summed E-state index contributed by atoms with van der Waals surface area (Å²) in [5.74, 6) is -0.761. The fourth-order valence-electron chi connectivity index (χ4n) is 3.97. The van der Waals surface area contributed by atoms with Crippen LogP contribution in [0.25, 0.3) is 11.1 Å². The summed E-state index contributed by atoms with van der Waals surface area (Å²) in [6.45, 7) is 4.08. The zero-order valence-electron chi connectivity index (χ0n) is 18.2. The van der Waals surface area contributed by atoms with Crippen LogP contribution in [0.5, 0.6) is 0 Å². The van der Waals surface area contributed by atoms with E-state index in [0.717, 1.165) is 16.7 Å². The molecule has 1 heterocycles. The molecule has 0 amide bonds. The summed E-state index contributed by atoms with van der Waals surface area (Å²) in [5, 5.41) is 3.24. The number of anilines is 1. The van der Waals surface area contributed by atoms with Crippen molar-refractivity contribution < 1.29 is 23.5 Å². The molecule has 1 aromatic heterocycles. The average Bonchev–Trinajstić information content (AvgIpc) is 3.28. The summed E-state index contributed by atoms with van der Waals surface area (Å²) in [6, 6.07) is 18.7. The monoisotopic (exact) mass is 434 g/mol. The van der Waals surface area contributed by atoms with Gasteiger partial charge in [-0.1, -0.05) is 54.6 Å². The van der Waals surface area contributed by atoms with Crippen molar-refractivity contribution in [3.8, 4) is 11.1 Å². The van der Waals surface area contributed by atoms with Crippen LogP contribution in [0.15, 0.2) is 65.3 Å². The number of nitrogens with zero attached hydrogens (tertiary/aromatic N) is 1. The van der Waals surface area contributed by atoms with Gasteiger partial charge in [-0.2, -0.15) is 4.98 Å². The Morgan fingerprint density at radius 2 is 1.72 bits per heavy atom. The van der Waals surface area contributed by atoms with Gasteiger partial charge in [0.25, 0.3) is 6.01 Å². The van der Waals surface area contributed by atoms with E-state index >= 15 is 0 Å². The zero-order chi connectivity index (χ0) is 22.6. The molecule has 0 bridgehead atoms. The van der Waals surface area contributed by atoms with Gasteiger partial charge in [0.1, 0.15) is 6.26 Å². The number of ether oxygens (including phenoxy) is 2. The van der Waals surface area contributed by atoms with E-state index in [1.54, 1.807) is 13.8 Å². The first-order chi connectivity index (χ1) is 15.5. The van der Waals surface area contributed by atoms with Gasteiger partial charge in [0.15, 0.2) is 5.69 Å². The molecule has 7 nitrogen and oxygen atoms in total. The molecule has 0 radical (unpaired) electrons. The van der Waals surface area contributed by atoms with Crippen LogP contribution < -0.4 is 5.32 Å². The molecular weight excluding hydrogens is 408 g/mol. The summed E-state index contributed by atoms with van der Waals surface area (Å²) >= 11 is 0. The molecule has 1 N–H and O–H groups in total. The standard InChI is InChI=1S/C25H26N2O5/c1-3-30-22(28)15-25(27-24-26-21(16-32-24)23(29)31-4-2)14-20(25)19-12-10-18(11-13-19)17-8-6-5-7-9-17/h5-13,16,20H,3-4,14-15H2,1-2H3,(H,26,27)/t20-,25?/m0/s1. The normalized spacial score (nSPS) is 19.2. The quantitative estimate of drug-likeness (QED) is 0.483. The lowest BCUT2D eigenvalue weighted by atomic mass is 9.99. The van der Waals surface area contributed by atoms with E-state index in [4.69, 9.17) is 13.9 Å². The van der Waals surface area contributed by atoms with Crippen LogP contribution in [0.4, 0.5) is 6.01 Å². The predicted molar refractivity (Wildman–Crippen MR) is 119 cm³/mol. The zero-order valence-corrected chi connectivity index (χ0v) is 18.2. The van der Waals surface area contributed by atoms with Crippen LogP contribution in [0.2, 0.25) is 0 Å². The van der Waals surface area contributed by atoms with Crippen LogP contribution >= 0.6 is 0 Å². The highest BCUT2D eigenvalue weighted by atomic mass is 16.5. The third-order valence-electron chi connectivity index (χ3n) is 5.61. The van der Waals surface area contributed by atoms with Crippen molar-refractivity contribution in [3.63, 3.8) is 0 Å². The van der Waals surface area contributed by atoms with Crippen molar-refractivity contribution in [3.05, 3.63) is 72.1 Å². The fourth-order valence-corrected chi connectivity index (χ4v) is 3.97. The molecule has 4 rings (SSSR count). The summed E-state index contributed by atoms with van der Waals surface area (Å²) in [4.78, 5) is 28.4. The van der Waals surface area contributed by atoms with Gasteiger partial charge in [-0.15, -0.1) is 0 Å². The lowest BCUT2D eigenvalue weighted by Crippen LogP contribution is -2.28. The van der Waals surface area contributed by atoms with Gasteiger partial charge in [-0.3, -0.25) is 4.79 Å². The summed E-state index contributed by atoms with van der Waals surface area (Å²) in [7, 11) is 0. The molecule has 0 aliphatic heterocycles. The number of hydrogen-bond acceptors (Lipinski definition) is 7. The highest BCUT2D eigenvalue weighted by Crippen LogP contribution is 2.55. The molecule has 2 atom stereocenters. The van der Waals surface area contributed by atoms with Crippen molar-refractivity contribution in [2.24, 2.45) is 0 Å². The van der Waals surface area contributed by atoms with Crippen molar-refractivity contribution in [1.82, 2.24) is 4.98 Å². The van der Waals surface area contributed by atoms with Crippen LogP contribution in [0.3, 0.4) is 0 Å². The van der Waals surface area contributed by atoms with Gasteiger partial charge >= 0.3 is 11.9 Å². The number of nitrogens with one attached hydrogen (secondary N) is 1. The smallest absolute Gasteiger partial charge is 0.360 e.